The van der Waals surface area contributed by atoms with Crippen LogP contribution in [0.5, 0.6) is 23.1 Å². The van der Waals surface area contributed by atoms with E-state index in [-0.39, 0.29) is 6.79 Å². The van der Waals surface area contributed by atoms with Crippen molar-refractivity contribution in [2.24, 2.45) is 0 Å². The monoisotopic (exact) mass is 452 g/mol. The maximum Gasteiger partial charge on any atom is 0.247 e. The zero-order chi connectivity index (χ0) is 21.9. The summed E-state index contributed by atoms with van der Waals surface area (Å²) in [5.41, 5.74) is 3.21. The molecule has 2 aromatic carbocycles. The zero-order valence-corrected chi connectivity index (χ0v) is 18.8. The Hall–Kier alpha value is -3.20. The number of thioether (sulfide) groups is 1. The van der Waals surface area contributed by atoms with Crippen LogP contribution in [-0.2, 0) is 0 Å². The van der Waals surface area contributed by atoms with Crippen molar-refractivity contribution in [3.05, 3.63) is 42.0 Å². The third-order valence-corrected chi connectivity index (χ3v) is 6.22. The van der Waals surface area contributed by atoms with Gasteiger partial charge in [-0.3, -0.25) is 0 Å². The van der Waals surface area contributed by atoms with Crippen LogP contribution in [0.25, 0.3) is 11.3 Å². The van der Waals surface area contributed by atoms with Crippen molar-refractivity contribution in [1.29, 1.82) is 0 Å². The number of ether oxygens (including phenoxy) is 4. The zero-order valence-electron chi connectivity index (χ0n) is 18.0. The highest BCUT2D eigenvalue weighted by Crippen LogP contribution is 2.45. The summed E-state index contributed by atoms with van der Waals surface area (Å²) in [5, 5.41) is 12.9. The van der Waals surface area contributed by atoms with Crippen LogP contribution < -0.4 is 24.3 Å². The van der Waals surface area contributed by atoms with Gasteiger partial charge in [-0.05, 0) is 24.6 Å². The fourth-order valence-corrected chi connectivity index (χ4v) is 4.45. The molecule has 0 saturated heterocycles. The van der Waals surface area contributed by atoms with E-state index in [1.165, 1.54) is 12.8 Å². The minimum absolute atomic E-state index is 0.162. The molecule has 3 heterocycles. The van der Waals surface area contributed by atoms with Crippen molar-refractivity contribution in [2.75, 3.05) is 25.0 Å². The molecule has 9 heteroatoms. The number of benzene rings is 2. The number of anilines is 1. The molecule has 1 aromatic heterocycles. The molecule has 0 amide bonds. The van der Waals surface area contributed by atoms with Crippen molar-refractivity contribution >= 4 is 17.4 Å². The second kappa shape index (κ2) is 9.12. The average Bonchev–Trinajstić information content (AvgIpc) is 3.23. The van der Waals surface area contributed by atoms with Crippen molar-refractivity contribution in [1.82, 2.24) is 15.2 Å². The number of para-hydroxylation sites is 1. The summed E-state index contributed by atoms with van der Waals surface area (Å²) in [5.74, 6) is 3.20. The van der Waals surface area contributed by atoms with Crippen LogP contribution in [0.3, 0.4) is 0 Å². The molecule has 3 aromatic rings. The maximum atomic E-state index is 6.36. The molecule has 166 valence electrons. The van der Waals surface area contributed by atoms with Gasteiger partial charge in [0.2, 0.25) is 23.6 Å². The Kier molecular flexibility index (Phi) is 5.89. The summed E-state index contributed by atoms with van der Waals surface area (Å²) in [6.45, 7) is 2.35. The number of unbranched alkanes of at least 4 members (excludes halogenated alkanes) is 2. The van der Waals surface area contributed by atoms with E-state index in [1.807, 2.05) is 36.4 Å². The molecule has 2 aliphatic heterocycles. The smallest absolute Gasteiger partial charge is 0.247 e. The van der Waals surface area contributed by atoms with Crippen LogP contribution in [0.1, 0.15) is 38.0 Å². The van der Waals surface area contributed by atoms with Gasteiger partial charge in [0.25, 0.3) is 0 Å². The molecule has 0 unspecified atom stereocenters. The summed E-state index contributed by atoms with van der Waals surface area (Å²) >= 11 is 1.60. The fourth-order valence-electron chi connectivity index (χ4n) is 3.68. The minimum Gasteiger partial charge on any atom is -0.493 e. The number of rotatable bonds is 7. The Morgan fingerprint density at radius 1 is 1.16 bits per heavy atom. The molecule has 0 saturated carbocycles. The van der Waals surface area contributed by atoms with Crippen molar-refractivity contribution < 1.29 is 18.9 Å². The Labute approximate surface area is 190 Å². The highest BCUT2D eigenvalue weighted by atomic mass is 32.2. The van der Waals surface area contributed by atoms with Crippen LogP contribution in [0, 0.1) is 0 Å². The van der Waals surface area contributed by atoms with Gasteiger partial charge in [0.1, 0.15) is 0 Å². The molecule has 5 rings (SSSR count). The topological polar surface area (TPSA) is 87.6 Å². The van der Waals surface area contributed by atoms with E-state index in [0.29, 0.717) is 34.0 Å². The number of hydrogen-bond acceptors (Lipinski definition) is 9. The van der Waals surface area contributed by atoms with Crippen LogP contribution in [0.15, 0.2) is 41.6 Å². The van der Waals surface area contributed by atoms with E-state index in [0.717, 1.165) is 29.0 Å². The third-order valence-electron chi connectivity index (χ3n) is 5.30. The van der Waals surface area contributed by atoms with Crippen LogP contribution in [0.4, 0.5) is 5.69 Å². The molecule has 2 aliphatic rings. The number of nitrogens with one attached hydrogen (secondary N) is 1. The first-order valence-corrected chi connectivity index (χ1v) is 11.6. The van der Waals surface area contributed by atoms with E-state index >= 15 is 0 Å². The van der Waals surface area contributed by atoms with E-state index in [9.17, 15) is 0 Å². The molecule has 0 bridgehead atoms. The lowest BCUT2D eigenvalue weighted by atomic mass is 10.1. The van der Waals surface area contributed by atoms with E-state index in [2.05, 4.69) is 22.4 Å². The van der Waals surface area contributed by atoms with E-state index in [4.69, 9.17) is 23.9 Å². The van der Waals surface area contributed by atoms with Gasteiger partial charge < -0.3 is 24.3 Å². The van der Waals surface area contributed by atoms with Gasteiger partial charge in [0.15, 0.2) is 23.4 Å². The maximum absolute atomic E-state index is 6.36. The first-order valence-electron chi connectivity index (χ1n) is 10.6. The Morgan fingerprint density at radius 3 is 2.94 bits per heavy atom. The average molecular weight is 453 g/mol. The highest BCUT2D eigenvalue weighted by molar-refractivity contribution is 7.99. The van der Waals surface area contributed by atoms with Gasteiger partial charge in [0, 0.05) is 22.6 Å². The van der Waals surface area contributed by atoms with E-state index in [1.54, 1.807) is 18.9 Å². The predicted octanol–water partition coefficient (Wildman–Crippen LogP) is 5.06. The summed E-state index contributed by atoms with van der Waals surface area (Å²) < 4.78 is 23.0. The van der Waals surface area contributed by atoms with Gasteiger partial charge in [0.05, 0.1) is 7.11 Å². The summed E-state index contributed by atoms with van der Waals surface area (Å²) in [7, 11) is 1.60. The highest BCUT2D eigenvalue weighted by Gasteiger charge is 2.29. The Bertz CT molecular complexity index is 1130. The number of nitrogens with zero attached hydrogens (tertiary/aromatic N) is 3. The lowest BCUT2D eigenvalue weighted by Crippen LogP contribution is -2.17. The molecule has 0 fully saturated rings. The second-order valence-electron chi connectivity index (χ2n) is 7.45. The molecule has 32 heavy (non-hydrogen) atoms. The number of hydrogen-bond donors (Lipinski definition) is 1. The van der Waals surface area contributed by atoms with Crippen molar-refractivity contribution in [2.45, 2.75) is 37.6 Å². The number of fused-ring (bicyclic) bond motifs is 4. The molecule has 0 aliphatic carbocycles. The minimum atomic E-state index is -0.532. The summed E-state index contributed by atoms with van der Waals surface area (Å²) in [6, 6.07) is 11.7. The van der Waals surface area contributed by atoms with Gasteiger partial charge >= 0.3 is 0 Å². The molecule has 8 nitrogen and oxygen atoms in total. The molecule has 0 radical (unpaired) electrons. The lowest BCUT2D eigenvalue weighted by Gasteiger charge is -2.20. The van der Waals surface area contributed by atoms with Crippen LogP contribution in [0.2, 0.25) is 0 Å². The standard InChI is InChI=1S/C23H24N4O4S/c1-3-4-7-10-32-23-25-22-19(26-27-23)15-8-5-6-9-16(15)24-21(31-22)14-11-17(28-2)20-18(12-14)29-13-30-20/h5-6,8-9,11-12,21,24H,3-4,7,10,13H2,1-2H3/t21-/m1/s1. The molecule has 1 N–H and O–H groups in total. The molecular formula is C23H24N4O4S. The van der Waals surface area contributed by atoms with Gasteiger partial charge in [-0.1, -0.05) is 49.7 Å². The Balaban J connectivity index is 1.52. The molecule has 1 atom stereocenters. The van der Waals surface area contributed by atoms with Crippen LogP contribution >= 0.6 is 11.8 Å². The molecule has 0 spiro atoms. The number of methoxy groups -OCH3 is 1. The van der Waals surface area contributed by atoms with E-state index < -0.39 is 6.23 Å². The summed E-state index contributed by atoms with van der Waals surface area (Å²) in [4.78, 5) is 4.70. The fraction of sp³-hybridized carbons (Fsp3) is 0.348. The molecular weight excluding hydrogens is 428 g/mol. The lowest BCUT2D eigenvalue weighted by molar-refractivity contribution is 0.171. The quantitative estimate of drug-likeness (QED) is 0.390. The SMILES string of the molecule is CCCCCSc1nnc2c(n1)O[C@H](c1cc(OC)c3c(c1)OCO3)Nc1ccccc1-2. The number of aromatic nitrogens is 3. The first-order chi connectivity index (χ1) is 15.8. The largest absolute Gasteiger partial charge is 0.493 e. The normalized spacial score (nSPS) is 15.8. The second-order valence-corrected chi connectivity index (χ2v) is 8.51. The third kappa shape index (κ3) is 4.00. The summed E-state index contributed by atoms with van der Waals surface area (Å²) in [6.07, 6.45) is 2.95. The first kappa shape index (κ1) is 20.7. The van der Waals surface area contributed by atoms with Gasteiger partial charge in [-0.2, -0.15) is 4.98 Å². The van der Waals surface area contributed by atoms with Gasteiger partial charge in [-0.15, -0.1) is 10.2 Å². The van der Waals surface area contributed by atoms with Crippen LogP contribution in [-0.4, -0.2) is 34.8 Å². The Morgan fingerprint density at radius 2 is 2.06 bits per heavy atom. The predicted molar refractivity (Wildman–Crippen MR) is 122 cm³/mol. The van der Waals surface area contributed by atoms with Crippen molar-refractivity contribution in [3.63, 3.8) is 0 Å². The van der Waals surface area contributed by atoms with Crippen molar-refractivity contribution in [3.8, 4) is 34.4 Å². The van der Waals surface area contributed by atoms with Gasteiger partial charge in [-0.25, -0.2) is 0 Å².